The summed E-state index contributed by atoms with van der Waals surface area (Å²) in [7, 11) is 2.83. The topological polar surface area (TPSA) is 76.1 Å². The number of carbonyl (C=O) groups is 2. The Hall–Kier alpha value is -3.84. The van der Waals surface area contributed by atoms with Crippen LogP contribution in [0, 0.1) is 5.82 Å². The number of halogens is 2. The number of carbonyl (C=O) groups excluding carboxylic acids is 2. The monoisotopic (exact) mass is 537 g/mol. The highest BCUT2D eigenvalue weighted by molar-refractivity contribution is 6.46. The van der Waals surface area contributed by atoms with Crippen LogP contribution in [0.25, 0.3) is 5.76 Å². The van der Waals surface area contributed by atoms with Crippen LogP contribution in [0.4, 0.5) is 4.39 Å². The Kier molecular flexibility index (Phi) is 7.51. The first-order valence-corrected chi connectivity index (χ1v) is 12.4. The lowest BCUT2D eigenvalue weighted by atomic mass is 9.85. The minimum atomic E-state index is -0.902. The third-order valence-corrected chi connectivity index (χ3v) is 6.92. The van der Waals surface area contributed by atoms with Gasteiger partial charge < -0.3 is 19.5 Å². The van der Waals surface area contributed by atoms with E-state index < -0.39 is 29.3 Å². The molecule has 1 aliphatic heterocycles. The van der Waals surface area contributed by atoms with Gasteiger partial charge in [0.25, 0.3) is 11.7 Å². The van der Waals surface area contributed by atoms with Gasteiger partial charge in [0.15, 0.2) is 0 Å². The first-order chi connectivity index (χ1) is 18.0. The van der Waals surface area contributed by atoms with E-state index in [9.17, 15) is 19.1 Å². The van der Waals surface area contributed by atoms with Gasteiger partial charge in [-0.1, -0.05) is 68.8 Å². The lowest BCUT2D eigenvalue weighted by Crippen LogP contribution is -2.29. The molecule has 0 bridgehead atoms. The SMILES string of the molecule is COc1cc(/C(O)=C2\C(=O)C(=O)N(Cc3ccc(F)cc3)C2c2ccc(C(C)(C)C)cc2)c(OC)cc1Cl. The molecule has 6 nitrogen and oxygen atoms in total. The number of ether oxygens (including phenoxy) is 2. The van der Waals surface area contributed by atoms with Gasteiger partial charge in [-0.05, 0) is 40.3 Å². The van der Waals surface area contributed by atoms with E-state index in [2.05, 4.69) is 20.8 Å². The minimum Gasteiger partial charge on any atom is -0.507 e. The summed E-state index contributed by atoms with van der Waals surface area (Å²) in [4.78, 5) is 28.2. The number of aliphatic hydroxyl groups excluding tert-OH is 1. The van der Waals surface area contributed by atoms with Crippen molar-refractivity contribution < 1.29 is 28.6 Å². The Balaban J connectivity index is 1.92. The second-order valence-corrected chi connectivity index (χ2v) is 10.5. The zero-order valence-corrected chi connectivity index (χ0v) is 22.6. The molecule has 0 spiro atoms. The third kappa shape index (κ3) is 5.11. The molecular weight excluding hydrogens is 509 g/mol. The number of rotatable bonds is 6. The standard InChI is InChI=1S/C30H29ClFNO5/c1-30(2,3)19-10-8-18(9-11-19)26-25(27(34)21-14-24(38-5)22(31)15-23(21)37-4)28(35)29(36)33(26)16-17-6-12-20(32)13-7-17/h6-15,26,34H,16H2,1-5H3/b27-25+. The molecule has 4 rings (SSSR count). The second kappa shape index (κ2) is 10.5. The summed E-state index contributed by atoms with van der Waals surface area (Å²) in [5.41, 5.74) is 2.30. The molecule has 0 radical (unpaired) electrons. The molecule has 38 heavy (non-hydrogen) atoms. The summed E-state index contributed by atoms with van der Waals surface area (Å²) in [6.45, 7) is 6.29. The largest absolute Gasteiger partial charge is 0.507 e. The van der Waals surface area contributed by atoms with Crippen molar-refractivity contribution in [1.29, 1.82) is 0 Å². The summed E-state index contributed by atoms with van der Waals surface area (Å²) < 4.78 is 24.2. The van der Waals surface area contributed by atoms with E-state index in [1.807, 2.05) is 24.3 Å². The Morgan fingerprint density at radius 1 is 0.974 bits per heavy atom. The third-order valence-electron chi connectivity index (χ3n) is 6.63. The molecule has 0 saturated carbocycles. The van der Waals surface area contributed by atoms with Gasteiger partial charge in [-0.15, -0.1) is 0 Å². The molecule has 3 aromatic rings. The average molecular weight is 538 g/mol. The van der Waals surface area contributed by atoms with Crippen molar-refractivity contribution in [2.24, 2.45) is 0 Å². The van der Waals surface area contributed by atoms with Crippen LogP contribution in [0.15, 0.2) is 66.2 Å². The molecule has 1 heterocycles. The fourth-order valence-corrected chi connectivity index (χ4v) is 4.76. The minimum absolute atomic E-state index is 0.0361. The van der Waals surface area contributed by atoms with Crippen LogP contribution in [0.3, 0.4) is 0 Å². The van der Waals surface area contributed by atoms with Crippen molar-refractivity contribution in [2.75, 3.05) is 14.2 Å². The number of aliphatic hydroxyl groups is 1. The molecule has 1 unspecified atom stereocenters. The van der Waals surface area contributed by atoms with E-state index in [1.165, 1.54) is 43.4 Å². The number of benzene rings is 3. The fraction of sp³-hybridized carbons (Fsp3) is 0.267. The van der Waals surface area contributed by atoms with Gasteiger partial charge in [0, 0.05) is 12.6 Å². The van der Waals surface area contributed by atoms with E-state index in [4.69, 9.17) is 21.1 Å². The van der Waals surface area contributed by atoms with Crippen molar-refractivity contribution in [3.8, 4) is 11.5 Å². The van der Waals surface area contributed by atoms with Crippen LogP contribution in [0.5, 0.6) is 11.5 Å². The summed E-state index contributed by atoms with van der Waals surface area (Å²) in [5, 5.41) is 11.8. The highest BCUT2D eigenvalue weighted by Crippen LogP contribution is 2.44. The van der Waals surface area contributed by atoms with Crippen molar-refractivity contribution in [3.05, 3.63) is 99.3 Å². The first-order valence-electron chi connectivity index (χ1n) is 12.0. The highest BCUT2D eigenvalue weighted by atomic mass is 35.5. The Bertz CT molecular complexity index is 1410. The molecule has 1 saturated heterocycles. The average Bonchev–Trinajstić information content (AvgIpc) is 3.13. The van der Waals surface area contributed by atoms with Crippen LogP contribution >= 0.6 is 11.6 Å². The second-order valence-electron chi connectivity index (χ2n) is 10.1. The number of Topliss-reactive ketones (excluding diaryl/α,β-unsaturated/α-hetero) is 1. The van der Waals surface area contributed by atoms with Crippen LogP contribution in [0.1, 0.15) is 49.1 Å². The molecule has 1 N–H and O–H groups in total. The molecule has 0 aromatic heterocycles. The van der Waals surface area contributed by atoms with E-state index in [0.29, 0.717) is 11.1 Å². The van der Waals surface area contributed by atoms with Crippen molar-refractivity contribution in [1.82, 2.24) is 4.90 Å². The number of likely N-dealkylation sites (tertiary alicyclic amines) is 1. The predicted octanol–water partition coefficient (Wildman–Crippen LogP) is 6.42. The maximum Gasteiger partial charge on any atom is 0.295 e. The zero-order chi connectivity index (χ0) is 27.8. The summed E-state index contributed by atoms with van der Waals surface area (Å²) in [6.07, 6.45) is 0. The predicted molar refractivity (Wildman–Crippen MR) is 144 cm³/mol. The van der Waals surface area contributed by atoms with Gasteiger partial charge in [-0.2, -0.15) is 0 Å². The fourth-order valence-electron chi connectivity index (χ4n) is 4.53. The Morgan fingerprint density at radius 3 is 2.13 bits per heavy atom. The lowest BCUT2D eigenvalue weighted by molar-refractivity contribution is -0.140. The van der Waals surface area contributed by atoms with Crippen molar-refractivity contribution >= 4 is 29.1 Å². The molecular formula is C30H29ClFNO5. The number of hydrogen-bond acceptors (Lipinski definition) is 5. The smallest absolute Gasteiger partial charge is 0.295 e. The van der Waals surface area contributed by atoms with E-state index >= 15 is 0 Å². The molecule has 3 aromatic carbocycles. The Morgan fingerprint density at radius 2 is 1.58 bits per heavy atom. The highest BCUT2D eigenvalue weighted by Gasteiger charge is 2.46. The normalized spacial score (nSPS) is 17.1. The molecule has 1 fully saturated rings. The molecule has 0 aliphatic carbocycles. The molecule has 1 amide bonds. The van der Waals surface area contributed by atoms with Crippen LogP contribution in [-0.4, -0.2) is 35.9 Å². The number of hydrogen-bond donors (Lipinski definition) is 1. The van der Waals surface area contributed by atoms with Gasteiger partial charge in [0.1, 0.15) is 23.1 Å². The van der Waals surface area contributed by atoms with Gasteiger partial charge in [0.05, 0.1) is 36.4 Å². The maximum atomic E-state index is 13.5. The van der Waals surface area contributed by atoms with Crippen molar-refractivity contribution in [2.45, 2.75) is 38.8 Å². The van der Waals surface area contributed by atoms with Gasteiger partial charge in [-0.3, -0.25) is 9.59 Å². The van der Waals surface area contributed by atoms with Crippen LogP contribution < -0.4 is 9.47 Å². The Labute approximate surface area is 226 Å². The van der Waals surface area contributed by atoms with Gasteiger partial charge >= 0.3 is 0 Å². The van der Waals surface area contributed by atoms with Gasteiger partial charge in [0.2, 0.25) is 0 Å². The van der Waals surface area contributed by atoms with Gasteiger partial charge in [-0.25, -0.2) is 4.39 Å². The molecule has 8 heteroatoms. The van der Waals surface area contributed by atoms with E-state index in [1.54, 1.807) is 12.1 Å². The first kappa shape index (κ1) is 27.2. The zero-order valence-electron chi connectivity index (χ0n) is 21.8. The number of ketones is 1. The molecule has 198 valence electrons. The quantitative estimate of drug-likeness (QED) is 0.223. The number of nitrogens with zero attached hydrogens (tertiary/aromatic N) is 1. The molecule has 1 atom stereocenters. The number of methoxy groups -OCH3 is 2. The molecule has 1 aliphatic rings. The number of amides is 1. The summed E-state index contributed by atoms with van der Waals surface area (Å²) in [6, 6.07) is 15.3. The summed E-state index contributed by atoms with van der Waals surface area (Å²) >= 11 is 6.24. The summed E-state index contributed by atoms with van der Waals surface area (Å²) in [5.74, 6) is -1.97. The maximum absolute atomic E-state index is 13.5. The van der Waals surface area contributed by atoms with Crippen LogP contribution in [0.2, 0.25) is 5.02 Å². The van der Waals surface area contributed by atoms with Crippen molar-refractivity contribution in [3.63, 3.8) is 0 Å². The van der Waals surface area contributed by atoms with E-state index in [-0.39, 0.29) is 39.6 Å². The van der Waals surface area contributed by atoms with E-state index in [0.717, 1.165) is 5.56 Å². The van der Waals surface area contributed by atoms with Crippen LogP contribution in [-0.2, 0) is 21.5 Å². The lowest BCUT2D eigenvalue weighted by Gasteiger charge is -2.27.